The van der Waals surface area contributed by atoms with Crippen LogP contribution in [0.2, 0.25) is 0 Å². The molecule has 1 rings (SSSR count). The van der Waals surface area contributed by atoms with E-state index in [1.54, 1.807) is 18.7 Å². The van der Waals surface area contributed by atoms with Gasteiger partial charge in [-0.15, -0.1) is 0 Å². The molecule has 0 aromatic carbocycles. The van der Waals surface area contributed by atoms with Crippen LogP contribution in [-0.4, -0.2) is 16.6 Å². The Morgan fingerprint density at radius 3 is 2.82 bits per heavy atom. The van der Waals surface area contributed by atoms with Crippen LogP contribution in [0.1, 0.15) is 12.5 Å². The maximum atomic E-state index is 5.00. The molecule has 0 aliphatic carbocycles. The Kier molecular flexibility index (Phi) is 3.12. The summed E-state index contributed by atoms with van der Waals surface area (Å²) < 4.78 is 5.00. The molecule has 0 atom stereocenters. The Morgan fingerprint density at radius 2 is 2.18 bits per heavy atom. The van der Waals surface area contributed by atoms with Crippen molar-refractivity contribution >= 4 is 6.08 Å². The summed E-state index contributed by atoms with van der Waals surface area (Å²) in [6.45, 7) is 2.62. The Hall–Kier alpha value is -1.38. The van der Waals surface area contributed by atoms with E-state index in [2.05, 4.69) is 9.97 Å². The lowest BCUT2D eigenvalue weighted by Gasteiger charge is -1.91. The van der Waals surface area contributed by atoms with Crippen molar-refractivity contribution < 1.29 is 4.74 Å². The number of hydrogen-bond donors (Lipinski definition) is 0. The van der Waals surface area contributed by atoms with Crippen molar-refractivity contribution in [1.82, 2.24) is 9.97 Å². The van der Waals surface area contributed by atoms with Gasteiger partial charge in [-0.05, 0) is 13.0 Å². The van der Waals surface area contributed by atoms with E-state index in [0.29, 0.717) is 6.61 Å². The normalized spacial score (nSPS) is 10.3. The molecule has 0 saturated carbocycles. The molecule has 0 spiro atoms. The van der Waals surface area contributed by atoms with Crippen LogP contribution in [0.25, 0.3) is 6.08 Å². The number of nitrogens with zero attached hydrogens (tertiary/aromatic N) is 2. The molecule has 58 valence electrons. The van der Waals surface area contributed by atoms with Crippen molar-refractivity contribution in [2.75, 3.05) is 6.61 Å². The third kappa shape index (κ3) is 2.80. The van der Waals surface area contributed by atoms with E-state index in [9.17, 15) is 0 Å². The van der Waals surface area contributed by atoms with Gasteiger partial charge in [0.15, 0.2) is 0 Å². The predicted molar refractivity (Wildman–Crippen MR) is 42.7 cm³/mol. The van der Waals surface area contributed by atoms with Crippen molar-refractivity contribution in [3.63, 3.8) is 0 Å². The zero-order valence-electron chi connectivity index (χ0n) is 6.40. The van der Waals surface area contributed by atoms with Crippen molar-refractivity contribution in [2.24, 2.45) is 0 Å². The molecule has 0 N–H and O–H groups in total. The van der Waals surface area contributed by atoms with Crippen LogP contribution in [0, 0.1) is 0 Å². The average molecular weight is 150 g/mol. The maximum Gasteiger partial charge on any atom is 0.115 e. The monoisotopic (exact) mass is 150 g/mol. The van der Waals surface area contributed by atoms with Gasteiger partial charge >= 0.3 is 0 Å². The predicted octanol–water partition coefficient (Wildman–Crippen LogP) is 1.48. The molecule has 0 aliphatic heterocycles. The van der Waals surface area contributed by atoms with Crippen LogP contribution in [-0.2, 0) is 4.74 Å². The minimum Gasteiger partial charge on any atom is -0.501 e. The van der Waals surface area contributed by atoms with Crippen LogP contribution in [0.15, 0.2) is 25.0 Å². The second-order valence-corrected chi connectivity index (χ2v) is 1.93. The molecule has 0 amide bonds. The first-order valence-electron chi connectivity index (χ1n) is 3.46. The van der Waals surface area contributed by atoms with Crippen LogP contribution < -0.4 is 0 Å². The zero-order chi connectivity index (χ0) is 7.94. The molecule has 0 radical (unpaired) electrons. The Labute approximate surface area is 65.8 Å². The molecule has 0 saturated heterocycles. The highest BCUT2D eigenvalue weighted by molar-refractivity contribution is 5.44. The van der Waals surface area contributed by atoms with Gasteiger partial charge < -0.3 is 4.74 Å². The SMILES string of the molecule is CCO/C=C/c1cncnc1. The van der Waals surface area contributed by atoms with E-state index in [0.717, 1.165) is 5.56 Å². The summed E-state index contributed by atoms with van der Waals surface area (Å²) in [6, 6.07) is 0. The van der Waals surface area contributed by atoms with Crippen LogP contribution in [0.3, 0.4) is 0 Å². The molecule has 0 bridgehead atoms. The fourth-order valence-electron chi connectivity index (χ4n) is 0.620. The van der Waals surface area contributed by atoms with E-state index < -0.39 is 0 Å². The van der Waals surface area contributed by atoms with Gasteiger partial charge in [0.25, 0.3) is 0 Å². The topological polar surface area (TPSA) is 35.0 Å². The first-order chi connectivity index (χ1) is 5.43. The van der Waals surface area contributed by atoms with E-state index in [-0.39, 0.29) is 0 Å². The second kappa shape index (κ2) is 4.44. The third-order valence-electron chi connectivity index (χ3n) is 1.10. The van der Waals surface area contributed by atoms with Crippen molar-refractivity contribution in [3.05, 3.63) is 30.5 Å². The zero-order valence-corrected chi connectivity index (χ0v) is 6.40. The molecular formula is C8H10N2O. The molecular weight excluding hydrogens is 140 g/mol. The maximum absolute atomic E-state index is 5.00. The molecule has 1 aromatic rings. The molecule has 11 heavy (non-hydrogen) atoms. The number of ether oxygens (including phenoxy) is 1. The second-order valence-electron chi connectivity index (χ2n) is 1.93. The lowest BCUT2D eigenvalue weighted by molar-refractivity contribution is 0.272. The summed E-state index contributed by atoms with van der Waals surface area (Å²) in [6.07, 6.45) is 8.41. The number of rotatable bonds is 3. The van der Waals surface area contributed by atoms with Crippen molar-refractivity contribution in [2.45, 2.75) is 6.92 Å². The van der Waals surface area contributed by atoms with Gasteiger partial charge in [0.05, 0.1) is 12.9 Å². The minimum absolute atomic E-state index is 0.685. The van der Waals surface area contributed by atoms with E-state index in [1.165, 1.54) is 6.33 Å². The molecule has 3 nitrogen and oxygen atoms in total. The summed E-state index contributed by atoms with van der Waals surface area (Å²) in [7, 11) is 0. The fraction of sp³-hybridized carbons (Fsp3) is 0.250. The highest BCUT2D eigenvalue weighted by atomic mass is 16.5. The first-order valence-corrected chi connectivity index (χ1v) is 3.46. The number of hydrogen-bond acceptors (Lipinski definition) is 3. The van der Waals surface area contributed by atoms with Gasteiger partial charge in [-0.1, -0.05) is 0 Å². The summed E-state index contributed by atoms with van der Waals surface area (Å²) in [4.78, 5) is 7.69. The molecule has 0 aliphatic rings. The first kappa shape index (κ1) is 7.72. The highest BCUT2D eigenvalue weighted by Gasteiger charge is 1.82. The summed E-state index contributed by atoms with van der Waals surface area (Å²) in [5.41, 5.74) is 0.945. The van der Waals surface area contributed by atoms with E-state index >= 15 is 0 Å². The highest BCUT2D eigenvalue weighted by Crippen LogP contribution is 1.95. The number of aromatic nitrogens is 2. The van der Waals surface area contributed by atoms with Gasteiger partial charge in [-0.25, -0.2) is 9.97 Å². The Balaban J connectivity index is 2.50. The molecule has 3 heteroatoms. The largest absolute Gasteiger partial charge is 0.501 e. The molecule has 0 unspecified atom stereocenters. The smallest absolute Gasteiger partial charge is 0.115 e. The lowest BCUT2D eigenvalue weighted by atomic mass is 10.3. The van der Waals surface area contributed by atoms with Crippen LogP contribution in [0.5, 0.6) is 0 Å². The van der Waals surface area contributed by atoms with Gasteiger partial charge in [0.1, 0.15) is 6.33 Å². The molecule has 1 heterocycles. The quantitative estimate of drug-likeness (QED) is 0.612. The summed E-state index contributed by atoms with van der Waals surface area (Å²) >= 11 is 0. The third-order valence-corrected chi connectivity index (χ3v) is 1.10. The van der Waals surface area contributed by atoms with E-state index in [1.807, 2.05) is 13.0 Å². The fourth-order valence-corrected chi connectivity index (χ4v) is 0.620. The van der Waals surface area contributed by atoms with Gasteiger partial charge in [0, 0.05) is 18.0 Å². The van der Waals surface area contributed by atoms with Gasteiger partial charge in [-0.2, -0.15) is 0 Å². The van der Waals surface area contributed by atoms with Crippen LogP contribution in [0.4, 0.5) is 0 Å². The van der Waals surface area contributed by atoms with Gasteiger partial charge in [-0.3, -0.25) is 0 Å². The minimum atomic E-state index is 0.685. The molecule has 0 fully saturated rings. The van der Waals surface area contributed by atoms with Crippen LogP contribution >= 0.6 is 0 Å². The standard InChI is InChI=1S/C8H10N2O/c1-2-11-4-3-8-5-9-7-10-6-8/h3-7H,2H2,1H3/b4-3+. The van der Waals surface area contributed by atoms with Crippen molar-refractivity contribution in [3.8, 4) is 0 Å². The summed E-state index contributed by atoms with van der Waals surface area (Å²) in [5, 5.41) is 0. The van der Waals surface area contributed by atoms with Crippen molar-refractivity contribution in [1.29, 1.82) is 0 Å². The average Bonchev–Trinajstić information content (AvgIpc) is 2.07. The lowest BCUT2D eigenvalue weighted by Crippen LogP contribution is -1.80. The van der Waals surface area contributed by atoms with E-state index in [4.69, 9.17) is 4.74 Å². The Morgan fingerprint density at radius 1 is 1.45 bits per heavy atom. The summed E-state index contributed by atoms with van der Waals surface area (Å²) in [5.74, 6) is 0. The molecule has 1 aromatic heterocycles. The Bertz CT molecular complexity index is 221. The van der Waals surface area contributed by atoms with Gasteiger partial charge in [0.2, 0.25) is 0 Å².